The van der Waals surface area contributed by atoms with Gasteiger partial charge in [0.1, 0.15) is 5.75 Å². The number of carbonyl (C=O) groups excluding carboxylic acids is 1. The summed E-state index contributed by atoms with van der Waals surface area (Å²) in [6.07, 6.45) is 0.393. The second-order valence-corrected chi connectivity index (χ2v) is 5.47. The van der Waals surface area contributed by atoms with Gasteiger partial charge in [-0.15, -0.1) is 0 Å². The minimum Gasteiger partial charge on any atom is -0.493 e. The maximum atomic E-state index is 11.7. The van der Waals surface area contributed by atoms with Gasteiger partial charge in [0.2, 0.25) is 5.91 Å². The molecule has 1 rings (SSSR count). The second kappa shape index (κ2) is 7.17. The van der Waals surface area contributed by atoms with Gasteiger partial charge in [-0.05, 0) is 43.9 Å². The van der Waals surface area contributed by atoms with Crippen LogP contribution in [0.5, 0.6) is 5.75 Å². The summed E-state index contributed by atoms with van der Waals surface area (Å²) in [6, 6.07) is 6.29. The highest BCUT2D eigenvalue weighted by molar-refractivity contribution is 5.76. The molecular formula is C16H25NO2. The monoisotopic (exact) mass is 263 g/mol. The number of hydrogen-bond donors (Lipinski definition) is 1. The number of carbonyl (C=O) groups is 1. The van der Waals surface area contributed by atoms with E-state index in [4.69, 9.17) is 4.74 Å². The molecule has 1 unspecified atom stereocenters. The maximum Gasteiger partial charge on any atom is 0.223 e. The smallest absolute Gasteiger partial charge is 0.223 e. The minimum absolute atomic E-state index is 0.0477. The van der Waals surface area contributed by atoms with E-state index in [1.807, 2.05) is 32.9 Å². The Morgan fingerprint density at radius 2 is 1.95 bits per heavy atom. The van der Waals surface area contributed by atoms with Crippen molar-refractivity contribution in [3.05, 3.63) is 29.3 Å². The molecule has 0 fully saturated rings. The molecule has 1 atom stereocenters. The molecule has 1 aromatic carbocycles. The van der Waals surface area contributed by atoms with E-state index in [9.17, 15) is 4.79 Å². The predicted molar refractivity (Wildman–Crippen MR) is 78.5 cm³/mol. The molecule has 0 saturated heterocycles. The zero-order valence-electron chi connectivity index (χ0n) is 12.6. The van der Waals surface area contributed by atoms with Gasteiger partial charge in [0.15, 0.2) is 0 Å². The third-order valence-corrected chi connectivity index (χ3v) is 3.32. The molecule has 106 valence electrons. The van der Waals surface area contributed by atoms with E-state index in [0.29, 0.717) is 18.9 Å². The number of rotatable bonds is 6. The summed E-state index contributed by atoms with van der Waals surface area (Å²) in [7, 11) is 0. The van der Waals surface area contributed by atoms with Gasteiger partial charge in [0, 0.05) is 6.04 Å². The van der Waals surface area contributed by atoms with E-state index in [-0.39, 0.29) is 11.9 Å². The molecule has 0 radical (unpaired) electrons. The fourth-order valence-electron chi connectivity index (χ4n) is 1.61. The van der Waals surface area contributed by atoms with E-state index >= 15 is 0 Å². The lowest BCUT2D eigenvalue weighted by molar-refractivity contribution is -0.122. The topological polar surface area (TPSA) is 38.3 Å². The van der Waals surface area contributed by atoms with Crippen molar-refractivity contribution in [3.63, 3.8) is 0 Å². The summed E-state index contributed by atoms with van der Waals surface area (Å²) in [4.78, 5) is 11.7. The van der Waals surface area contributed by atoms with Gasteiger partial charge in [-0.2, -0.15) is 0 Å². The standard InChI is InChI=1S/C16H25NO2/c1-11(2)14(5)17-16(18)8-9-19-15-10-12(3)6-7-13(15)4/h6-7,10-11,14H,8-9H2,1-5H3,(H,17,18). The molecule has 1 amide bonds. The van der Waals surface area contributed by atoms with Gasteiger partial charge in [0.25, 0.3) is 0 Å². The van der Waals surface area contributed by atoms with Crippen molar-refractivity contribution in [2.75, 3.05) is 6.61 Å². The summed E-state index contributed by atoms with van der Waals surface area (Å²) in [5.74, 6) is 1.36. The fourth-order valence-corrected chi connectivity index (χ4v) is 1.61. The Hall–Kier alpha value is -1.51. The Morgan fingerprint density at radius 1 is 1.26 bits per heavy atom. The van der Waals surface area contributed by atoms with Crippen LogP contribution in [0.15, 0.2) is 18.2 Å². The molecule has 0 bridgehead atoms. The van der Waals surface area contributed by atoms with E-state index < -0.39 is 0 Å². The summed E-state index contributed by atoms with van der Waals surface area (Å²) in [5, 5.41) is 2.97. The molecule has 0 aliphatic heterocycles. The third-order valence-electron chi connectivity index (χ3n) is 3.32. The van der Waals surface area contributed by atoms with Crippen LogP contribution in [0.4, 0.5) is 0 Å². The Balaban J connectivity index is 2.38. The number of amides is 1. The largest absolute Gasteiger partial charge is 0.493 e. The highest BCUT2D eigenvalue weighted by atomic mass is 16.5. The fraction of sp³-hybridized carbons (Fsp3) is 0.562. The molecule has 1 N–H and O–H groups in total. The minimum atomic E-state index is 0.0477. The molecule has 0 saturated carbocycles. The maximum absolute atomic E-state index is 11.7. The van der Waals surface area contributed by atoms with Crippen LogP contribution in [-0.4, -0.2) is 18.6 Å². The van der Waals surface area contributed by atoms with Crippen LogP contribution < -0.4 is 10.1 Å². The number of ether oxygens (including phenoxy) is 1. The average Bonchev–Trinajstić information content (AvgIpc) is 2.33. The first kappa shape index (κ1) is 15.5. The molecule has 3 nitrogen and oxygen atoms in total. The summed E-state index contributed by atoms with van der Waals surface area (Å²) >= 11 is 0. The van der Waals surface area contributed by atoms with E-state index in [1.165, 1.54) is 5.56 Å². The molecule has 19 heavy (non-hydrogen) atoms. The molecule has 0 heterocycles. The van der Waals surface area contributed by atoms with E-state index in [0.717, 1.165) is 11.3 Å². The normalized spacial score (nSPS) is 12.3. The number of aryl methyl sites for hydroxylation is 2. The number of benzene rings is 1. The highest BCUT2D eigenvalue weighted by Gasteiger charge is 2.10. The first-order valence-corrected chi connectivity index (χ1v) is 6.89. The first-order chi connectivity index (χ1) is 8.90. The molecule has 0 aliphatic carbocycles. The zero-order chi connectivity index (χ0) is 14.4. The molecule has 0 spiro atoms. The van der Waals surface area contributed by atoms with Gasteiger partial charge in [-0.3, -0.25) is 4.79 Å². The van der Waals surface area contributed by atoms with Crippen molar-refractivity contribution >= 4 is 5.91 Å². The van der Waals surface area contributed by atoms with E-state index in [1.54, 1.807) is 0 Å². The molecular weight excluding hydrogens is 238 g/mol. The molecule has 1 aromatic rings. The van der Waals surface area contributed by atoms with Gasteiger partial charge in [0.05, 0.1) is 13.0 Å². The van der Waals surface area contributed by atoms with Crippen LogP contribution >= 0.6 is 0 Å². The third kappa shape index (κ3) is 5.33. The van der Waals surface area contributed by atoms with Crippen LogP contribution in [0.2, 0.25) is 0 Å². The van der Waals surface area contributed by atoms with Crippen molar-refractivity contribution in [2.45, 2.75) is 47.1 Å². The van der Waals surface area contributed by atoms with Crippen LogP contribution in [-0.2, 0) is 4.79 Å². The van der Waals surface area contributed by atoms with Crippen molar-refractivity contribution in [3.8, 4) is 5.75 Å². The zero-order valence-corrected chi connectivity index (χ0v) is 12.6. The lowest BCUT2D eigenvalue weighted by Gasteiger charge is -2.17. The van der Waals surface area contributed by atoms with Gasteiger partial charge >= 0.3 is 0 Å². The highest BCUT2D eigenvalue weighted by Crippen LogP contribution is 2.19. The Kier molecular flexibility index (Phi) is 5.87. The number of hydrogen-bond acceptors (Lipinski definition) is 2. The van der Waals surface area contributed by atoms with Gasteiger partial charge in [-0.25, -0.2) is 0 Å². The van der Waals surface area contributed by atoms with Gasteiger partial charge < -0.3 is 10.1 Å². The average molecular weight is 263 g/mol. The SMILES string of the molecule is Cc1ccc(C)c(OCCC(=O)NC(C)C(C)C)c1. The lowest BCUT2D eigenvalue weighted by atomic mass is 10.1. The van der Waals surface area contributed by atoms with Crippen LogP contribution in [0.3, 0.4) is 0 Å². The quantitative estimate of drug-likeness (QED) is 0.855. The second-order valence-electron chi connectivity index (χ2n) is 5.47. The van der Waals surface area contributed by atoms with Crippen LogP contribution in [0, 0.1) is 19.8 Å². The first-order valence-electron chi connectivity index (χ1n) is 6.89. The molecule has 3 heteroatoms. The van der Waals surface area contributed by atoms with Crippen molar-refractivity contribution in [1.82, 2.24) is 5.32 Å². The molecule has 0 aliphatic rings. The summed E-state index contributed by atoms with van der Waals surface area (Å²) in [5.41, 5.74) is 2.26. The summed E-state index contributed by atoms with van der Waals surface area (Å²) < 4.78 is 5.67. The van der Waals surface area contributed by atoms with Gasteiger partial charge in [-0.1, -0.05) is 26.0 Å². The Morgan fingerprint density at radius 3 is 2.58 bits per heavy atom. The van der Waals surface area contributed by atoms with Crippen molar-refractivity contribution in [2.24, 2.45) is 5.92 Å². The molecule has 0 aromatic heterocycles. The Bertz CT molecular complexity index is 427. The van der Waals surface area contributed by atoms with E-state index in [2.05, 4.69) is 25.2 Å². The van der Waals surface area contributed by atoms with Crippen LogP contribution in [0.25, 0.3) is 0 Å². The van der Waals surface area contributed by atoms with Crippen molar-refractivity contribution < 1.29 is 9.53 Å². The van der Waals surface area contributed by atoms with Crippen LogP contribution in [0.1, 0.15) is 38.3 Å². The lowest BCUT2D eigenvalue weighted by Crippen LogP contribution is -2.36. The van der Waals surface area contributed by atoms with Crippen molar-refractivity contribution in [1.29, 1.82) is 0 Å². The number of nitrogens with one attached hydrogen (secondary N) is 1. The Labute approximate surface area is 116 Å². The summed E-state index contributed by atoms with van der Waals surface area (Å²) in [6.45, 7) is 10.7. The predicted octanol–water partition coefficient (Wildman–Crippen LogP) is 3.23.